The van der Waals surface area contributed by atoms with Gasteiger partial charge >= 0.3 is 0 Å². The summed E-state index contributed by atoms with van der Waals surface area (Å²) in [7, 11) is 0. The van der Waals surface area contributed by atoms with Crippen LogP contribution in [0.2, 0.25) is 0 Å². The maximum absolute atomic E-state index is 8.76. The number of nitrogens with one attached hydrogen (secondary N) is 1. The zero-order valence-corrected chi connectivity index (χ0v) is 6.40. The van der Waals surface area contributed by atoms with Crippen LogP contribution in [0.15, 0.2) is 11.8 Å². The van der Waals surface area contributed by atoms with Crippen LogP contribution in [-0.4, -0.2) is 34.4 Å². The Morgan fingerprint density at radius 1 is 1.90 bits per heavy atom. The lowest BCUT2D eigenvalue weighted by Crippen LogP contribution is -2.34. The summed E-state index contributed by atoms with van der Waals surface area (Å²) < 4.78 is 0. The van der Waals surface area contributed by atoms with Gasteiger partial charge in [0.1, 0.15) is 0 Å². The van der Waals surface area contributed by atoms with Crippen LogP contribution in [0.5, 0.6) is 0 Å². The molecule has 0 aromatic rings. The van der Waals surface area contributed by atoms with Crippen LogP contribution in [0.25, 0.3) is 0 Å². The number of aliphatic hydroxyl groups is 1. The van der Waals surface area contributed by atoms with E-state index in [1.807, 2.05) is 11.8 Å². The lowest BCUT2D eigenvalue weighted by molar-refractivity contribution is 0.241. The SMILES string of the molecule is OCC1=CC2CSCN2N1. The van der Waals surface area contributed by atoms with Crippen LogP contribution in [-0.2, 0) is 0 Å². The molecule has 1 atom stereocenters. The molecule has 4 heteroatoms. The van der Waals surface area contributed by atoms with Gasteiger partial charge in [-0.2, -0.15) is 0 Å². The van der Waals surface area contributed by atoms with Crippen LogP contribution in [0.1, 0.15) is 0 Å². The predicted octanol–water partition coefficient (Wildman–Crippen LogP) is -0.244. The molecule has 2 aliphatic rings. The second-order valence-corrected chi connectivity index (χ2v) is 3.50. The second kappa shape index (κ2) is 2.45. The van der Waals surface area contributed by atoms with Crippen LogP contribution >= 0.6 is 11.8 Å². The predicted molar refractivity (Wildman–Crippen MR) is 41.3 cm³/mol. The minimum absolute atomic E-state index is 0.137. The van der Waals surface area contributed by atoms with Crippen LogP contribution in [0.3, 0.4) is 0 Å². The molecular formula is C6H10N2OS. The summed E-state index contributed by atoms with van der Waals surface area (Å²) in [4.78, 5) is 0. The lowest BCUT2D eigenvalue weighted by atomic mass is 10.3. The number of aliphatic hydroxyl groups excluding tert-OH is 1. The monoisotopic (exact) mass is 158 g/mol. The van der Waals surface area contributed by atoms with Gasteiger partial charge in [-0.05, 0) is 6.08 Å². The molecule has 2 aliphatic heterocycles. The van der Waals surface area contributed by atoms with Crippen molar-refractivity contribution in [3.63, 3.8) is 0 Å². The van der Waals surface area contributed by atoms with Crippen molar-refractivity contribution >= 4 is 11.8 Å². The normalized spacial score (nSPS) is 31.7. The number of fused-ring (bicyclic) bond motifs is 1. The van der Waals surface area contributed by atoms with E-state index >= 15 is 0 Å². The summed E-state index contributed by atoms with van der Waals surface area (Å²) >= 11 is 1.92. The first-order valence-corrected chi connectivity index (χ1v) is 4.48. The summed E-state index contributed by atoms with van der Waals surface area (Å²) in [5.74, 6) is 2.18. The Balaban J connectivity index is 2.06. The van der Waals surface area contributed by atoms with Crippen molar-refractivity contribution in [3.8, 4) is 0 Å². The smallest absolute Gasteiger partial charge is 0.0838 e. The molecule has 3 nitrogen and oxygen atoms in total. The molecule has 0 aromatic carbocycles. The highest BCUT2D eigenvalue weighted by Crippen LogP contribution is 2.24. The molecule has 56 valence electrons. The number of thioether (sulfide) groups is 1. The van der Waals surface area contributed by atoms with Crippen LogP contribution in [0.4, 0.5) is 0 Å². The van der Waals surface area contributed by atoms with E-state index in [2.05, 4.69) is 16.5 Å². The molecule has 2 N–H and O–H groups in total. The van der Waals surface area contributed by atoms with E-state index in [9.17, 15) is 0 Å². The molecule has 0 saturated carbocycles. The lowest BCUT2D eigenvalue weighted by Gasteiger charge is -2.14. The Morgan fingerprint density at radius 3 is 3.50 bits per heavy atom. The van der Waals surface area contributed by atoms with Gasteiger partial charge in [0.25, 0.3) is 0 Å². The summed E-state index contributed by atoms with van der Waals surface area (Å²) in [5, 5.41) is 10.9. The molecular weight excluding hydrogens is 148 g/mol. The third kappa shape index (κ3) is 0.923. The highest BCUT2D eigenvalue weighted by atomic mass is 32.2. The van der Waals surface area contributed by atoms with Crippen molar-refractivity contribution in [2.24, 2.45) is 0 Å². The number of hydrogen-bond acceptors (Lipinski definition) is 4. The van der Waals surface area contributed by atoms with E-state index in [0.717, 1.165) is 17.3 Å². The van der Waals surface area contributed by atoms with Gasteiger partial charge in [0, 0.05) is 11.4 Å². The topological polar surface area (TPSA) is 35.5 Å². The van der Waals surface area contributed by atoms with E-state index in [1.165, 1.54) is 0 Å². The van der Waals surface area contributed by atoms with Gasteiger partial charge in [-0.3, -0.25) is 0 Å². The Labute approximate surface area is 64.1 Å². The summed E-state index contributed by atoms with van der Waals surface area (Å²) in [6, 6.07) is 0.521. The van der Waals surface area contributed by atoms with Crippen LogP contribution in [0, 0.1) is 0 Å². The minimum Gasteiger partial charge on any atom is -0.390 e. The Morgan fingerprint density at radius 2 is 2.80 bits per heavy atom. The van der Waals surface area contributed by atoms with Gasteiger partial charge in [-0.1, -0.05) is 0 Å². The molecule has 0 aromatic heterocycles. The molecule has 2 heterocycles. The highest BCUT2D eigenvalue weighted by molar-refractivity contribution is 7.99. The Bertz CT molecular complexity index is 171. The molecule has 0 aliphatic carbocycles. The first-order valence-electron chi connectivity index (χ1n) is 3.33. The van der Waals surface area contributed by atoms with Gasteiger partial charge in [-0.25, -0.2) is 5.01 Å². The standard InChI is InChI=1S/C6H10N2OS/c9-2-5-1-6-3-10-4-8(6)7-5/h1,6-7,9H,2-4H2. The second-order valence-electron chi connectivity index (χ2n) is 2.50. The van der Waals surface area contributed by atoms with E-state index in [1.54, 1.807) is 0 Å². The number of rotatable bonds is 1. The first-order chi connectivity index (χ1) is 4.90. The van der Waals surface area contributed by atoms with Crippen molar-refractivity contribution in [3.05, 3.63) is 11.8 Å². The molecule has 10 heavy (non-hydrogen) atoms. The zero-order chi connectivity index (χ0) is 6.97. The molecule has 0 bridgehead atoms. The molecule has 0 amide bonds. The fourth-order valence-electron chi connectivity index (χ4n) is 1.25. The first kappa shape index (κ1) is 6.52. The third-order valence-electron chi connectivity index (χ3n) is 1.77. The maximum atomic E-state index is 8.76. The van der Waals surface area contributed by atoms with Gasteiger partial charge in [-0.15, -0.1) is 11.8 Å². The number of hydrazine groups is 1. The maximum Gasteiger partial charge on any atom is 0.0838 e. The van der Waals surface area contributed by atoms with E-state index in [-0.39, 0.29) is 6.61 Å². The fraction of sp³-hybridized carbons (Fsp3) is 0.667. The molecule has 1 fully saturated rings. The van der Waals surface area contributed by atoms with Crippen molar-refractivity contribution < 1.29 is 5.11 Å². The molecule has 1 unspecified atom stereocenters. The van der Waals surface area contributed by atoms with Gasteiger partial charge in [0.05, 0.1) is 18.5 Å². The van der Waals surface area contributed by atoms with Gasteiger partial charge < -0.3 is 10.5 Å². The van der Waals surface area contributed by atoms with E-state index < -0.39 is 0 Å². The van der Waals surface area contributed by atoms with Crippen molar-refractivity contribution in [2.75, 3.05) is 18.2 Å². The van der Waals surface area contributed by atoms with Crippen molar-refractivity contribution in [1.29, 1.82) is 0 Å². The molecule has 0 spiro atoms. The van der Waals surface area contributed by atoms with Crippen molar-refractivity contribution in [1.82, 2.24) is 10.4 Å². The molecule has 0 radical (unpaired) electrons. The molecule has 1 saturated heterocycles. The highest BCUT2D eigenvalue weighted by Gasteiger charge is 2.28. The zero-order valence-electron chi connectivity index (χ0n) is 5.58. The number of nitrogens with zero attached hydrogens (tertiary/aromatic N) is 1. The third-order valence-corrected chi connectivity index (χ3v) is 2.81. The summed E-state index contributed by atoms with van der Waals surface area (Å²) in [6.07, 6.45) is 2.10. The van der Waals surface area contributed by atoms with E-state index in [4.69, 9.17) is 5.11 Å². The largest absolute Gasteiger partial charge is 0.390 e. The fourth-order valence-corrected chi connectivity index (χ4v) is 2.33. The molecule has 2 rings (SSSR count). The minimum atomic E-state index is 0.137. The Kier molecular flexibility index (Phi) is 1.60. The van der Waals surface area contributed by atoms with Gasteiger partial charge in [0.2, 0.25) is 0 Å². The average Bonchev–Trinajstić information content (AvgIpc) is 2.42. The summed E-state index contributed by atoms with van der Waals surface area (Å²) in [6.45, 7) is 0.137. The summed E-state index contributed by atoms with van der Waals surface area (Å²) in [5.41, 5.74) is 4.08. The van der Waals surface area contributed by atoms with E-state index in [0.29, 0.717) is 6.04 Å². The van der Waals surface area contributed by atoms with Crippen LogP contribution < -0.4 is 5.43 Å². The average molecular weight is 158 g/mol. The van der Waals surface area contributed by atoms with Gasteiger partial charge in [0.15, 0.2) is 0 Å². The Hall–Kier alpha value is -0.190. The van der Waals surface area contributed by atoms with Crippen molar-refractivity contribution in [2.45, 2.75) is 6.04 Å². The quantitative estimate of drug-likeness (QED) is 0.552. The number of hydrogen-bond donors (Lipinski definition) is 2.